The number of benzene rings is 1. The molecule has 1 N–H and O–H groups in total. The maximum atomic E-state index is 11.9. The monoisotopic (exact) mass is 284 g/mol. The molecule has 4 nitrogen and oxygen atoms in total. The summed E-state index contributed by atoms with van der Waals surface area (Å²) in [6.45, 7) is 5.53. The van der Waals surface area contributed by atoms with Gasteiger partial charge >= 0.3 is 6.09 Å². The predicted molar refractivity (Wildman–Crippen MR) is 81.4 cm³/mol. The van der Waals surface area contributed by atoms with Crippen LogP contribution in [0.25, 0.3) is 5.57 Å². The van der Waals surface area contributed by atoms with E-state index in [0.29, 0.717) is 0 Å². The molecule has 2 rings (SSSR count). The first-order valence-corrected chi connectivity index (χ1v) is 7.08. The van der Waals surface area contributed by atoms with Gasteiger partial charge in [0.2, 0.25) is 0 Å². The second kappa shape index (κ2) is 6.01. The number of carbonyl (C=O) groups excluding carboxylic acids is 1. The second-order valence-corrected chi connectivity index (χ2v) is 6.12. The lowest BCUT2D eigenvalue weighted by Gasteiger charge is -2.29. The van der Waals surface area contributed by atoms with Gasteiger partial charge in [-0.05, 0) is 50.3 Å². The summed E-state index contributed by atoms with van der Waals surface area (Å²) in [5.74, 6) is 0. The lowest BCUT2D eigenvalue weighted by atomic mass is 9.84. The molecule has 0 saturated heterocycles. The van der Waals surface area contributed by atoms with Gasteiger partial charge in [0.25, 0.3) is 0 Å². The van der Waals surface area contributed by atoms with Crippen molar-refractivity contribution in [3.05, 3.63) is 41.5 Å². The average molecular weight is 284 g/mol. The normalized spacial score (nSPS) is 19.5. The minimum atomic E-state index is -0.510. The number of fused-ring (bicyclic) bond motifs is 1. The number of nitrogens with zero attached hydrogens (tertiary/aromatic N) is 1. The minimum absolute atomic E-state index is 0.0770. The summed E-state index contributed by atoms with van der Waals surface area (Å²) < 4.78 is 5.31. The van der Waals surface area contributed by atoms with Crippen molar-refractivity contribution >= 4 is 11.7 Å². The van der Waals surface area contributed by atoms with Crippen molar-refractivity contribution < 1.29 is 9.53 Å². The van der Waals surface area contributed by atoms with Crippen LogP contribution in [0.4, 0.5) is 4.79 Å². The molecule has 0 bridgehead atoms. The SMILES string of the molecule is CC(C)(C)OC(=O)NC1CCC(=CC#N)c2ccccc21. The largest absolute Gasteiger partial charge is 0.444 e. The molecule has 1 aliphatic carbocycles. The highest BCUT2D eigenvalue weighted by Crippen LogP contribution is 2.36. The predicted octanol–water partition coefficient (Wildman–Crippen LogP) is 3.95. The summed E-state index contributed by atoms with van der Waals surface area (Å²) in [6, 6.07) is 9.88. The van der Waals surface area contributed by atoms with E-state index in [1.165, 1.54) is 0 Å². The molecule has 21 heavy (non-hydrogen) atoms. The van der Waals surface area contributed by atoms with Crippen LogP contribution in [-0.2, 0) is 4.74 Å². The third-order valence-electron chi connectivity index (χ3n) is 3.31. The van der Waals surface area contributed by atoms with E-state index < -0.39 is 11.7 Å². The molecule has 0 spiro atoms. The molecule has 4 heteroatoms. The number of ether oxygens (including phenoxy) is 1. The second-order valence-electron chi connectivity index (χ2n) is 6.12. The van der Waals surface area contributed by atoms with Gasteiger partial charge in [-0.15, -0.1) is 0 Å². The Labute approximate surface area is 125 Å². The standard InChI is InChI=1S/C17H20N2O2/c1-17(2,3)21-16(20)19-15-9-8-12(10-11-18)13-6-4-5-7-14(13)15/h4-7,10,15H,8-9H2,1-3H3,(H,19,20). The molecule has 0 aliphatic heterocycles. The number of allylic oxidation sites excluding steroid dienone is 2. The van der Waals surface area contributed by atoms with Gasteiger partial charge in [0, 0.05) is 6.08 Å². The van der Waals surface area contributed by atoms with Crippen molar-refractivity contribution in [3.8, 4) is 6.07 Å². The van der Waals surface area contributed by atoms with Crippen LogP contribution in [0, 0.1) is 11.3 Å². The molecule has 110 valence electrons. The number of amides is 1. The van der Waals surface area contributed by atoms with E-state index in [-0.39, 0.29) is 6.04 Å². The maximum Gasteiger partial charge on any atom is 0.408 e. The van der Waals surface area contributed by atoms with Gasteiger partial charge in [-0.2, -0.15) is 5.26 Å². The number of rotatable bonds is 1. The van der Waals surface area contributed by atoms with E-state index in [1.807, 2.05) is 45.0 Å². The first-order valence-electron chi connectivity index (χ1n) is 7.08. The van der Waals surface area contributed by atoms with Crippen LogP contribution < -0.4 is 5.32 Å². The lowest BCUT2D eigenvalue weighted by Crippen LogP contribution is -2.36. The topological polar surface area (TPSA) is 62.1 Å². The molecule has 1 amide bonds. The molecule has 0 aromatic heterocycles. The number of carbonyl (C=O) groups is 1. The number of alkyl carbamates (subject to hydrolysis) is 1. The first-order chi connectivity index (χ1) is 9.90. The quantitative estimate of drug-likeness (QED) is 0.794. The van der Waals surface area contributed by atoms with Crippen molar-refractivity contribution in [1.29, 1.82) is 5.26 Å². The van der Waals surface area contributed by atoms with Crippen molar-refractivity contribution in [2.24, 2.45) is 0 Å². The van der Waals surface area contributed by atoms with E-state index in [2.05, 4.69) is 11.4 Å². The Morgan fingerprint density at radius 3 is 2.81 bits per heavy atom. The maximum absolute atomic E-state index is 11.9. The van der Waals surface area contributed by atoms with Crippen LogP contribution in [-0.4, -0.2) is 11.7 Å². The van der Waals surface area contributed by atoms with Crippen molar-refractivity contribution in [2.75, 3.05) is 0 Å². The lowest BCUT2D eigenvalue weighted by molar-refractivity contribution is 0.0500. The van der Waals surface area contributed by atoms with Crippen LogP contribution in [0.2, 0.25) is 0 Å². The van der Waals surface area contributed by atoms with Crippen LogP contribution in [0.5, 0.6) is 0 Å². The highest BCUT2D eigenvalue weighted by Gasteiger charge is 2.26. The Morgan fingerprint density at radius 1 is 1.43 bits per heavy atom. The summed E-state index contributed by atoms with van der Waals surface area (Å²) in [6.07, 6.45) is 2.71. The van der Waals surface area contributed by atoms with Crippen molar-refractivity contribution in [2.45, 2.75) is 45.3 Å². The molecule has 0 saturated carbocycles. The summed E-state index contributed by atoms with van der Waals surface area (Å²) in [7, 11) is 0. The highest BCUT2D eigenvalue weighted by molar-refractivity contribution is 5.74. The first kappa shape index (κ1) is 15.1. The Hall–Kier alpha value is -2.28. The fourth-order valence-electron chi connectivity index (χ4n) is 2.51. The van der Waals surface area contributed by atoms with Crippen molar-refractivity contribution in [3.63, 3.8) is 0 Å². The third kappa shape index (κ3) is 3.85. The van der Waals surface area contributed by atoms with E-state index in [4.69, 9.17) is 10.00 Å². The molecule has 0 radical (unpaired) electrons. The Bertz CT molecular complexity index is 606. The van der Waals surface area contributed by atoms with E-state index >= 15 is 0 Å². The molecule has 1 unspecified atom stereocenters. The molecule has 1 aromatic rings. The fraction of sp³-hybridized carbons (Fsp3) is 0.412. The van der Waals surface area contributed by atoms with Gasteiger partial charge in [-0.1, -0.05) is 24.3 Å². The van der Waals surface area contributed by atoms with Gasteiger partial charge in [-0.25, -0.2) is 4.79 Å². The summed E-state index contributed by atoms with van der Waals surface area (Å²) >= 11 is 0. The Balaban J connectivity index is 2.20. The molecule has 1 aliphatic rings. The van der Waals surface area contributed by atoms with Gasteiger partial charge in [0.05, 0.1) is 12.1 Å². The van der Waals surface area contributed by atoms with Crippen LogP contribution in [0.1, 0.15) is 50.8 Å². The molecule has 0 fully saturated rings. The average Bonchev–Trinajstić information content (AvgIpc) is 2.40. The van der Waals surface area contributed by atoms with Gasteiger partial charge in [0.1, 0.15) is 5.60 Å². The minimum Gasteiger partial charge on any atom is -0.444 e. The third-order valence-corrected chi connectivity index (χ3v) is 3.31. The van der Waals surface area contributed by atoms with E-state index in [0.717, 1.165) is 29.5 Å². The van der Waals surface area contributed by atoms with Crippen molar-refractivity contribution in [1.82, 2.24) is 5.32 Å². The zero-order chi connectivity index (χ0) is 15.5. The summed E-state index contributed by atoms with van der Waals surface area (Å²) in [5, 5.41) is 11.8. The molecule has 1 atom stereocenters. The highest BCUT2D eigenvalue weighted by atomic mass is 16.6. The van der Waals surface area contributed by atoms with Crippen LogP contribution in [0.3, 0.4) is 0 Å². The number of hydrogen-bond acceptors (Lipinski definition) is 3. The summed E-state index contributed by atoms with van der Waals surface area (Å²) in [5.41, 5.74) is 2.59. The van der Waals surface area contributed by atoms with Crippen LogP contribution in [0.15, 0.2) is 30.3 Å². The van der Waals surface area contributed by atoms with Gasteiger partial charge in [0.15, 0.2) is 0 Å². The molecule has 0 heterocycles. The number of nitrogens with one attached hydrogen (secondary N) is 1. The molecule has 1 aromatic carbocycles. The van der Waals surface area contributed by atoms with E-state index in [1.54, 1.807) is 6.08 Å². The Kier molecular flexibility index (Phi) is 4.32. The number of nitriles is 1. The Morgan fingerprint density at radius 2 is 2.14 bits per heavy atom. The van der Waals surface area contributed by atoms with Crippen LogP contribution >= 0.6 is 0 Å². The molecular weight excluding hydrogens is 264 g/mol. The van der Waals surface area contributed by atoms with Gasteiger partial charge in [-0.3, -0.25) is 0 Å². The zero-order valence-corrected chi connectivity index (χ0v) is 12.6. The molecular formula is C17H20N2O2. The fourth-order valence-corrected chi connectivity index (χ4v) is 2.51. The smallest absolute Gasteiger partial charge is 0.408 e. The number of hydrogen-bond donors (Lipinski definition) is 1. The summed E-state index contributed by atoms with van der Waals surface area (Å²) in [4.78, 5) is 11.9. The zero-order valence-electron chi connectivity index (χ0n) is 12.6. The van der Waals surface area contributed by atoms with Gasteiger partial charge < -0.3 is 10.1 Å². The van der Waals surface area contributed by atoms with E-state index in [9.17, 15) is 4.79 Å².